The predicted molar refractivity (Wildman–Crippen MR) is 84.0 cm³/mol. The molecule has 2 rings (SSSR count). The molecule has 118 valence electrons. The lowest BCUT2D eigenvalue weighted by Crippen LogP contribution is -2.31. The van der Waals surface area contributed by atoms with Gasteiger partial charge in [-0.25, -0.2) is 13.6 Å². The van der Waals surface area contributed by atoms with Gasteiger partial charge in [0, 0.05) is 18.0 Å². The molecule has 1 fully saturated rings. The van der Waals surface area contributed by atoms with E-state index in [1.807, 2.05) is 4.90 Å². The van der Waals surface area contributed by atoms with Crippen molar-refractivity contribution >= 4 is 27.3 Å². The Morgan fingerprint density at radius 1 is 1.43 bits per heavy atom. The van der Waals surface area contributed by atoms with Gasteiger partial charge in [-0.3, -0.25) is 4.79 Å². The summed E-state index contributed by atoms with van der Waals surface area (Å²) in [5, 5.41) is 5.16. The van der Waals surface area contributed by atoms with Crippen molar-refractivity contribution in [2.45, 2.75) is 44.4 Å². The molecule has 0 bridgehead atoms. The number of nitrogens with two attached hydrogens (primary N) is 1. The monoisotopic (exact) mass is 330 g/mol. The van der Waals surface area contributed by atoms with Crippen LogP contribution in [0.5, 0.6) is 0 Å². The molecule has 7 heteroatoms. The standard InChI is InChI=1S/C14H22N2O3S2/c1-3-11-5-4-7-16(8-6-11)14(17)12-9-13(10(2)20-12)21(15,18)19/h9,11H,3-8H2,1-2H3,(H2,15,18,19). The normalized spacial score (nSPS) is 20.3. The number of nitrogens with zero attached hydrogens (tertiary/aromatic N) is 1. The number of carbonyl (C=O) groups excluding carboxylic acids is 1. The zero-order valence-electron chi connectivity index (χ0n) is 12.5. The first kappa shape index (κ1) is 16.5. The van der Waals surface area contributed by atoms with Crippen molar-refractivity contribution in [3.8, 4) is 0 Å². The van der Waals surface area contributed by atoms with Crippen LogP contribution in [-0.4, -0.2) is 32.3 Å². The zero-order valence-corrected chi connectivity index (χ0v) is 14.1. The second-order valence-corrected chi connectivity index (χ2v) is 8.36. The van der Waals surface area contributed by atoms with Crippen LogP contribution in [0.15, 0.2) is 11.0 Å². The molecule has 2 heterocycles. The average Bonchev–Trinajstić information content (AvgIpc) is 2.67. The maximum absolute atomic E-state index is 12.5. The molecule has 0 aliphatic carbocycles. The van der Waals surface area contributed by atoms with Gasteiger partial charge in [0.25, 0.3) is 5.91 Å². The minimum Gasteiger partial charge on any atom is -0.338 e. The van der Waals surface area contributed by atoms with Crippen LogP contribution in [0, 0.1) is 12.8 Å². The minimum atomic E-state index is -3.76. The molecule has 1 aliphatic rings. The van der Waals surface area contributed by atoms with E-state index in [9.17, 15) is 13.2 Å². The lowest BCUT2D eigenvalue weighted by atomic mass is 9.98. The molecule has 1 atom stereocenters. The van der Waals surface area contributed by atoms with E-state index in [4.69, 9.17) is 5.14 Å². The molecular weight excluding hydrogens is 308 g/mol. The first-order valence-corrected chi connectivity index (χ1v) is 9.61. The van der Waals surface area contributed by atoms with E-state index in [-0.39, 0.29) is 10.8 Å². The second kappa shape index (κ2) is 6.46. The van der Waals surface area contributed by atoms with Crippen molar-refractivity contribution in [2.24, 2.45) is 11.1 Å². The molecule has 1 aromatic rings. The van der Waals surface area contributed by atoms with Gasteiger partial charge in [0.2, 0.25) is 10.0 Å². The third-order valence-electron chi connectivity index (χ3n) is 4.10. The van der Waals surface area contributed by atoms with Crippen LogP contribution in [0.3, 0.4) is 0 Å². The summed E-state index contributed by atoms with van der Waals surface area (Å²) in [7, 11) is -3.76. The lowest BCUT2D eigenvalue weighted by molar-refractivity contribution is 0.0764. The number of aryl methyl sites for hydroxylation is 1. The van der Waals surface area contributed by atoms with Crippen molar-refractivity contribution < 1.29 is 13.2 Å². The highest BCUT2D eigenvalue weighted by Gasteiger charge is 2.24. The van der Waals surface area contributed by atoms with Gasteiger partial charge in [-0.1, -0.05) is 13.3 Å². The Hall–Kier alpha value is -0.920. The molecule has 1 aromatic heterocycles. The van der Waals surface area contributed by atoms with Gasteiger partial charge in [0.1, 0.15) is 0 Å². The maximum Gasteiger partial charge on any atom is 0.263 e. The fourth-order valence-electron chi connectivity index (χ4n) is 2.79. The molecule has 1 saturated heterocycles. The van der Waals surface area contributed by atoms with E-state index >= 15 is 0 Å². The Morgan fingerprint density at radius 3 is 2.71 bits per heavy atom. The number of primary sulfonamides is 1. The van der Waals surface area contributed by atoms with Gasteiger partial charge in [-0.15, -0.1) is 11.3 Å². The summed E-state index contributed by atoms with van der Waals surface area (Å²) >= 11 is 1.21. The van der Waals surface area contributed by atoms with Gasteiger partial charge in [0.05, 0.1) is 9.77 Å². The van der Waals surface area contributed by atoms with E-state index in [1.165, 1.54) is 17.4 Å². The Morgan fingerprint density at radius 2 is 2.14 bits per heavy atom. The summed E-state index contributed by atoms with van der Waals surface area (Å²) in [5.41, 5.74) is 0. The molecule has 0 spiro atoms. The van der Waals surface area contributed by atoms with Crippen LogP contribution >= 0.6 is 11.3 Å². The van der Waals surface area contributed by atoms with Gasteiger partial charge in [-0.2, -0.15) is 0 Å². The lowest BCUT2D eigenvalue weighted by Gasteiger charge is -2.19. The molecular formula is C14H22N2O3S2. The topological polar surface area (TPSA) is 80.5 Å². The first-order valence-electron chi connectivity index (χ1n) is 7.25. The van der Waals surface area contributed by atoms with Crippen LogP contribution in [0.1, 0.15) is 47.2 Å². The van der Waals surface area contributed by atoms with Crippen molar-refractivity contribution in [1.29, 1.82) is 0 Å². The third-order valence-corrected chi connectivity index (χ3v) is 6.31. The van der Waals surface area contributed by atoms with E-state index < -0.39 is 10.0 Å². The Balaban J connectivity index is 2.17. The van der Waals surface area contributed by atoms with Gasteiger partial charge < -0.3 is 4.90 Å². The predicted octanol–water partition coefficient (Wildman–Crippen LogP) is 2.36. The second-order valence-electron chi connectivity index (χ2n) is 5.57. The summed E-state index contributed by atoms with van der Waals surface area (Å²) in [6.07, 6.45) is 4.34. The van der Waals surface area contributed by atoms with E-state index in [2.05, 4.69) is 6.92 Å². The molecule has 21 heavy (non-hydrogen) atoms. The summed E-state index contributed by atoms with van der Waals surface area (Å²) in [6, 6.07) is 1.42. The highest BCUT2D eigenvalue weighted by molar-refractivity contribution is 7.89. The van der Waals surface area contributed by atoms with Crippen LogP contribution in [-0.2, 0) is 10.0 Å². The molecule has 1 amide bonds. The Labute approximate surface area is 130 Å². The number of sulfonamides is 1. The molecule has 0 aromatic carbocycles. The molecule has 0 radical (unpaired) electrons. The summed E-state index contributed by atoms with van der Waals surface area (Å²) in [4.78, 5) is 15.5. The van der Waals surface area contributed by atoms with Crippen molar-refractivity contribution in [2.75, 3.05) is 13.1 Å². The van der Waals surface area contributed by atoms with Gasteiger partial charge in [0.15, 0.2) is 0 Å². The van der Waals surface area contributed by atoms with Crippen molar-refractivity contribution in [1.82, 2.24) is 4.90 Å². The fraction of sp³-hybridized carbons (Fsp3) is 0.643. The summed E-state index contributed by atoms with van der Waals surface area (Å²) in [6.45, 7) is 5.36. The largest absolute Gasteiger partial charge is 0.338 e. The molecule has 1 aliphatic heterocycles. The minimum absolute atomic E-state index is 0.0668. The van der Waals surface area contributed by atoms with Crippen molar-refractivity contribution in [3.63, 3.8) is 0 Å². The SMILES string of the molecule is CCC1CCCN(C(=O)c2cc(S(N)(=O)=O)c(C)s2)CC1. The molecule has 5 nitrogen and oxygen atoms in total. The smallest absolute Gasteiger partial charge is 0.263 e. The number of hydrogen-bond donors (Lipinski definition) is 1. The van der Waals surface area contributed by atoms with Crippen LogP contribution in [0.4, 0.5) is 0 Å². The molecule has 1 unspecified atom stereocenters. The van der Waals surface area contributed by atoms with E-state index in [0.717, 1.165) is 38.8 Å². The molecule has 0 saturated carbocycles. The number of thiophene rings is 1. The Kier molecular flexibility index (Phi) is 5.06. The highest BCUT2D eigenvalue weighted by atomic mass is 32.2. The number of likely N-dealkylation sites (tertiary alicyclic amines) is 1. The van der Waals surface area contributed by atoms with Crippen LogP contribution in [0.25, 0.3) is 0 Å². The van der Waals surface area contributed by atoms with Crippen LogP contribution < -0.4 is 5.14 Å². The number of rotatable bonds is 3. The first-order chi connectivity index (χ1) is 9.82. The number of amides is 1. The van der Waals surface area contributed by atoms with Gasteiger partial charge in [-0.05, 0) is 38.2 Å². The average molecular weight is 330 g/mol. The van der Waals surface area contributed by atoms with Crippen molar-refractivity contribution in [3.05, 3.63) is 15.8 Å². The highest BCUT2D eigenvalue weighted by Crippen LogP contribution is 2.27. The van der Waals surface area contributed by atoms with E-state index in [1.54, 1.807) is 6.92 Å². The van der Waals surface area contributed by atoms with E-state index in [0.29, 0.717) is 15.7 Å². The number of carbonyl (C=O) groups is 1. The molecule has 2 N–H and O–H groups in total. The van der Waals surface area contributed by atoms with Crippen LogP contribution in [0.2, 0.25) is 0 Å². The number of hydrogen-bond acceptors (Lipinski definition) is 4. The van der Waals surface area contributed by atoms with Gasteiger partial charge >= 0.3 is 0 Å². The Bertz CT molecular complexity index is 622. The quantitative estimate of drug-likeness (QED) is 0.924. The fourth-order valence-corrected chi connectivity index (χ4v) is 4.90. The third kappa shape index (κ3) is 3.84. The zero-order chi connectivity index (χ0) is 15.6. The summed E-state index contributed by atoms with van der Waals surface area (Å²) in [5.74, 6) is 0.614. The maximum atomic E-state index is 12.5. The summed E-state index contributed by atoms with van der Waals surface area (Å²) < 4.78 is 22.9.